The molecule has 0 bridgehead atoms. The first-order valence-corrected chi connectivity index (χ1v) is 5.83. The maximum Gasteiger partial charge on any atom is 0.138 e. The van der Waals surface area contributed by atoms with E-state index in [0.717, 1.165) is 29.0 Å². The van der Waals surface area contributed by atoms with Crippen LogP contribution in [0.4, 0.5) is 0 Å². The fourth-order valence-corrected chi connectivity index (χ4v) is 2.18. The van der Waals surface area contributed by atoms with Gasteiger partial charge in [0.05, 0.1) is 11.4 Å². The third-order valence-corrected chi connectivity index (χ3v) is 3.17. The fourth-order valence-electron chi connectivity index (χ4n) is 1.87. The maximum atomic E-state index is 6.27. The van der Waals surface area contributed by atoms with E-state index in [0.29, 0.717) is 5.15 Å². The molecule has 0 saturated heterocycles. The summed E-state index contributed by atoms with van der Waals surface area (Å²) < 4.78 is 1.90. The Balaban J connectivity index is 2.22. The molecule has 0 fully saturated rings. The Morgan fingerprint density at radius 3 is 2.94 bits per heavy atom. The SMILES string of the molecule is CCc1nc2ccc(-c3ccn[nH]3)cn2c1Cl. The van der Waals surface area contributed by atoms with Crippen molar-refractivity contribution in [2.75, 3.05) is 0 Å². The number of nitrogens with one attached hydrogen (secondary N) is 1. The minimum atomic E-state index is 0.684. The van der Waals surface area contributed by atoms with Crippen molar-refractivity contribution >= 4 is 17.2 Å². The fraction of sp³-hybridized carbons (Fsp3) is 0.167. The van der Waals surface area contributed by atoms with Crippen LogP contribution in [0.25, 0.3) is 16.9 Å². The Labute approximate surface area is 103 Å². The highest BCUT2D eigenvalue weighted by molar-refractivity contribution is 6.30. The summed E-state index contributed by atoms with van der Waals surface area (Å²) >= 11 is 6.27. The summed E-state index contributed by atoms with van der Waals surface area (Å²) in [4.78, 5) is 4.46. The van der Waals surface area contributed by atoms with E-state index < -0.39 is 0 Å². The van der Waals surface area contributed by atoms with Crippen LogP contribution >= 0.6 is 11.6 Å². The van der Waals surface area contributed by atoms with Gasteiger partial charge in [-0.15, -0.1) is 0 Å². The number of hydrogen-bond donors (Lipinski definition) is 1. The number of H-pyrrole nitrogens is 1. The standard InChI is InChI=1S/C12H11ClN4/c1-2-9-12(13)17-7-8(3-4-11(17)15-9)10-5-6-14-16-10/h3-7H,2H2,1H3,(H,14,16). The lowest BCUT2D eigenvalue weighted by atomic mass is 10.2. The first kappa shape index (κ1) is 10.4. The Bertz CT molecular complexity index is 655. The van der Waals surface area contributed by atoms with Gasteiger partial charge in [-0.3, -0.25) is 9.50 Å². The monoisotopic (exact) mass is 246 g/mol. The van der Waals surface area contributed by atoms with Gasteiger partial charge in [-0.2, -0.15) is 5.10 Å². The summed E-state index contributed by atoms with van der Waals surface area (Å²) in [5.74, 6) is 0. The van der Waals surface area contributed by atoms with E-state index in [9.17, 15) is 0 Å². The first-order valence-electron chi connectivity index (χ1n) is 5.46. The van der Waals surface area contributed by atoms with Crippen LogP contribution in [0.15, 0.2) is 30.6 Å². The zero-order valence-corrected chi connectivity index (χ0v) is 10.1. The van der Waals surface area contributed by atoms with Crippen molar-refractivity contribution in [2.24, 2.45) is 0 Å². The summed E-state index contributed by atoms with van der Waals surface area (Å²) in [6.45, 7) is 2.05. The normalized spacial score (nSPS) is 11.2. The molecular weight excluding hydrogens is 236 g/mol. The van der Waals surface area contributed by atoms with Gasteiger partial charge >= 0.3 is 0 Å². The van der Waals surface area contributed by atoms with Gasteiger partial charge in [-0.1, -0.05) is 18.5 Å². The quantitative estimate of drug-likeness (QED) is 0.756. The number of nitrogens with zero attached hydrogens (tertiary/aromatic N) is 3. The Hall–Kier alpha value is -1.81. The van der Waals surface area contributed by atoms with E-state index in [2.05, 4.69) is 15.2 Å². The number of aromatic nitrogens is 4. The van der Waals surface area contributed by atoms with Gasteiger partial charge in [0.1, 0.15) is 10.8 Å². The molecule has 0 aliphatic heterocycles. The molecule has 3 rings (SSSR count). The molecule has 0 aromatic carbocycles. The second-order valence-electron chi connectivity index (χ2n) is 3.82. The highest BCUT2D eigenvalue weighted by atomic mass is 35.5. The highest BCUT2D eigenvalue weighted by Crippen LogP contribution is 2.23. The van der Waals surface area contributed by atoms with Crippen LogP contribution in [0, 0.1) is 0 Å². The number of rotatable bonds is 2. The average Bonchev–Trinajstić information content (AvgIpc) is 2.97. The largest absolute Gasteiger partial charge is 0.290 e. The van der Waals surface area contributed by atoms with E-state index in [-0.39, 0.29) is 0 Å². The number of aryl methyl sites for hydroxylation is 1. The van der Waals surface area contributed by atoms with Gasteiger partial charge in [-0.25, -0.2) is 4.98 Å². The number of hydrogen-bond acceptors (Lipinski definition) is 2. The van der Waals surface area contributed by atoms with Crippen LogP contribution in [-0.2, 0) is 6.42 Å². The molecule has 3 aromatic heterocycles. The maximum absolute atomic E-state index is 6.27. The molecule has 86 valence electrons. The van der Waals surface area contributed by atoms with Crippen LogP contribution in [0.5, 0.6) is 0 Å². The van der Waals surface area contributed by atoms with Crippen LogP contribution < -0.4 is 0 Å². The van der Waals surface area contributed by atoms with E-state index in [4.69, 9.17) is 11.6 Å². The van der Waals surface area contributed by atoms with Gasteiger partial charge in [0, 0.05) is 18.0 Å². The van der Waals surface area contributed by atoms with Crippen LogP contribution in [-0.4, -0.2) is 19.6 Å². The molecule has 4 nitrogen and oxygen atoms in total. The van der Waals surface area contributed by atoms with E-state index in [1.807, 2.05) is 35.7 Å². The lowest BCUT2D eigenvalue weighted by Crippen LogP contribution is -1.87. The third-order valence-electron chi connectivity index (χ3n) is 2.77. The predicted octanol–water partition coefficient (Wildman–Crippen LogP) is 2.94. The molecule has 0 saturated carbocycles. The van der Waals surface area contributed by atoms with Crippen molar-refractivity contribution in [3.05, 3.63) is 41.4 Å². The minimum absolute atomic E-state index is 0.684. The van der Waals surface area contributed by atoms with E-state index >= 15 is 0 Å². The second kappa shape index (κ2) is 3.89. The van der Waals surface area contributed by atoms with E-state index in [1.165, 1.54) is 0 Å². The molecule has 1 N–H and O–H groups in total. The minimum Gasteiger partial charge on any atom is -0.290 e. The molecule has 17 heavy (non-hydrogen) atoms. The molecule has 0 aliphatic rings. The van der Waals surface area contributed by atoms with Crippen LogP contribution in [0.2, 0.25) is 5.15 Å². The lowest BCUT2D eigenvalue weighted by molar-refractivity contribution is 1.07. The summed E-state index contributed by atoms with van der Waals surface area (Å²) in [5, 5.41) is 7.56. The number of fused-ring (bicyclic) bond motifs is 1. The van der Waals surface area contributed by atoms with Gasteiger partial charge < -0.3 is 0 Å². The van der Waals surface area contributed by atoms with Crippen molar-refractivity contribution < 1.29 is 0 Å². The smallest absolute Gasteiger partial charge is 0.138 e. The Morgan fingerprint density at radius 2 is 2.24 bits per heavy atom. The van der Waals surface area contributed by atoms with Crippen molar-refractivity contribution in [1.82, 2.24) is 19.6 Å². The molecule has 0 spiro atoms. The second-order valence-corrected chi connectivity index (χ2v) is 4.18. The number of aromatic amines is 1. The molecular formula is C12H11ClN4. The predicted molar refractivity (Wildman–Crippen MR) is 67.2 cm³/mol. The van der Waals surface area contributed by atoms with Crippen LogP contribution in [0.3, 0.4) is 0 Å². The molecule has 5 heteroatoms. The molecule has 0 unspecified atom stereocenters. The molecule has 3 aromatic rings. The third kappa shape index (κ3) is 1.61. The Kier molecular flexibility index (Phi) is 2.37. The highest BCUT2D eigenvalue weighted by Gasteiger charge is 2.09. The topological polar surface area (TPSA) is 46.0 Å². The van der Waals surface area contributed by atoms with Crippen molar-refractivity contribution in [3.63, 3.8) is 0 Å². The van der Waals surface area contributed by atoms with Crippen molar-refractivity contribution in [3.8, 4) is 11.3 Å². The number of halogens is 1. The van der Waals surface area contributed by atoms with Gasteiger partial charge in [0.15, 0.2) is 0 Å². The zero-order chi connectivity index (χ0) is 11.8. The summed E-state index contributed by atoms with van der Waals surface area (Å²) in [7, 11) is 0. The van der Waals surface area contributed by atoms with Crippen molar-refractivity contribution in [1.29, 1.82) is 0 Å². The summed E-state index contributed by atoms with van der Waals surface area (Å²) in [6.07, 6.45) is 4.53. The van der Waals surface area contributed by atoms with E-state index in [1.54, 1.807) is 6.20 Å². The van der Waals surface area contributed by atoms with Crippen LogP contribution in [0.1, 0.15) is 12.6 Å². The molecule has 0 radical (unpaired) electrons. The molecule has 0 atom stereocenters. The zero-order valence-electron chi connectivity index (χ0n) is 9.31. The number of pyridine rings is 1. The van der Waals surface area contributed by atoms with Crippen molar-refractivity contribution in [2.45, 2.75) is 13.3 Å². The summed E-state index contributed by atoms with van der Waals surface area (Å²) in [6, 6.07) is 5.89. The lowest BCUT2D eigenvalue weighted by Gasteiger charge is -2.00. The first-order chi connectivity index (χ1) is 8.29. The van der Waals surface area contributed by atoms with Gasteiger partial charge in [0.2, 0.25) is 0 Å². The number of imidazole rings is 1. The van der Waals surface area contributed by atoms with Gasteiger partial charge in [0.25, 0.3) is 0 Å². The molecule has 3 heterocycles. The average molecular weight is 247 g/mol. The molecule has 0 aliphatic carbocycles. The van der Waals surface area contributed by atoms with Gasteiger partial charge in [-0.05, 0) is 24.6 Å². The summed E-state index contributed by atoms with van der Waals surface area (Å²) in [5.41, 5.74) is 3.80. The Morgan fingerprint density at radius 1 is 1.35 bits per heavy atom. The molecule has 0 amide bonds.